The summed E-state index contributed by atoms with van der Waals surface area (Å²) in [7, 11) is 1.81. The molecule has 4 heteroatoms. The monoisotopic (exact) mass is 275 g/mol. The minimum atomic E-state index is -0.138. The average molecular weight is 275 g/mol. The largest absolute Gasteiger partial charge is 0.339 e. The molecule has 102 valence electrons. The van der Waals surface area contributed by atoms with Crippen LogP contribution in [0.25, 0.3) is 6.08 Å². The van der Waals surface area contributed by atoms with Crippen molar-refractivity contribution in [2.45, 2.75) is 6.92 Å². The first kappa shape index (κ1) is 14.3. The van der Waals surface area contributed by atoms with E-state index in [1.807, 2.05) is 20.0 Å². The van der Waals surface area contributed by atoms with E-state index < -0.39 is 0 Å². The molecule has 2 aromatic rings. The van der Waals surface area contributed by atoms with E-state index in [2.05, 4.69) is 6.07 Å². The van der Waals surface area contributed by atoms with Gasteiger partial charge in [0.15, 0.2) is 5.78 Å². The van der Waals surface area contributed by atoms with Gasteiger partial charge in [-0.1, -0.05) is 0 Å². The van der Waals surface area contributed by atoms with Crippen molar-refractivity contribution in [3.8, 4) is 12.1 Å². The number of rotatable bonds is 3. The van der Waals surface area contributed by atoms with Gasteiger partial charge in [-0.2, -0.15) is 10.5 Å². The molecule has 4 nitrogen and oxygen atoms in total. The molecule has 1 heterocycles. The van der Waals surface area contributed by atoms with Crippen LogP contribution in [0.15, 0.2) is 36.4 Å². The first-order chi connectivity index (χ1) is 10.1. The van der Waals surface area contributed by atoms with Gasteiger partial charge in [-0.15, -0.1) is 0 Å². The molecule has 0 spiro atoms. The Morgan fingerprint density at radius 3 is 2.38 bits per heavy atom. The molecular formula is C17H13N3O. The van der Waals surface area contributed by atoms with Crippen molar-refractivity contribution in [3.05, 3.63) is 64.5 Å². The van der Waals surface area contributed by atoms with Crippen molar-refractivity contribution in [3.63, 3.8) is 0 Å². The summed E-state index contributed by atoms with van der Waals surface area (Å²) in [5, 5.41) is 17.7. The van der Waals surface area contributed by atoms with E-state index in [4.69, 9.17) is 10.5 Å². The molecule has 0 aliphatic rings. The zero-order chi connectivity index (χ0) is 15.4. The summed E-state index contributed by atoms with van der Waals surface area (Å²) in [6.45, 7) is 1.90. The van der Waals surface area contributed by atoms with E-state index >= 15 is 0 Å². The van der Waals surface area contributed by atoms with Gasteiger partial charge in [0.2, 0.25) is 0 Å². The van der Waals surface area contributed by atoms with Crippen molar-refractivity contribution in [1.82, 2.24) is 4.57 Å². The van der Waals surface area contributed by atoms with Crippen LogP contribution in [0, 0.1) is 29.6 Å². The smallest absolute Gasteiger partial charge is 0.185 e. The van der Waals surface area contributed by atoms with E-state index in [0.29, 0.717) is 16.8 Å². The molecule has 0 fully saturated rings. The lowest BCUT2D eigenvalue weighted by molar-refractivity contribution is 0.104. The minimum Gasteiger partial charge on any atom is -0.339 e. The highest BCUT2D eigenvalue weighted by Gasteiger charge is 2.07. The van der Waals surface area contributed by atoms with Crippen molar-refractivity contribution in [2.24, 2.45) is 7.05 Å². The normalized spacial score (nSPS) is 10.3. The maximum Gasteiger partial charge on any atom is 0.185 e. The lowest BCUT2D eigenvalue weighted by Crippen LogP contribution is -1.95. The number of ketones is 1. The molecule has 0 N–H and O–H groups in total. The van der Waals surface area contributed by atoms with Crippen molar-refractivity contribution >= 4 is 11.9 Å². The Morgan fingerprint density at radius 1 is 1.19 bits per heavy atom. The van der Waals surface area contributed by atoms with Crippen molar-refractivity contribution in [2.75, 3.05) is 0 Å². The fourth-order valence-corrected chi connectivity index (χ4v) is 1.97. The first-order valence-electron chi connectivity index (χ1n) is 6.36. The summed E-state index contributed by atoms with van der Waals surface area (Å²) in [5.74, 6) is -0.138. The Balaban J connectivity index is 2.23. The van der Waals surface area contributed by atoms with Gasteiger partial charge < -0.3 is 4.57 Å². The topological polar surface area (TPSA) is 69.6 Å². The molecule has 0 amide bonds. The van der Waals surface area contributed by atoms with Crippen molar-refractivity contribution in [1.29, 1.82) is 10.5 Å². The second kappa shape index (κ2) is 5.90. The van der Waals surface area contributed by atoms with Gasteiger partial charge in [-0.05, 0) is 55.0 Å². The number of nitrogens with zero attached hydrogens (tertiary/aromatic N) is 3. The minimum absolute atomic E-state index is 0.138. The molecule has 0 radical (unpaired) electrons. The number of allylic oxidation sites excluding steroid dienone is 1. The molecule has 1 aromatic carbocycles. The van der Waals surface area contributed by atoms with Gasteiger partial charge >= 0.3 is 0 Å². The zero-order valence-electron chi connectivity index (χ0n) is 11.8. The molecule has 2 rings (SSSR count). The molecule has 0 aliphatic heterocycles. The van der Waals surface area contributed by atoms with Crippen LogP contribution in [-0.2, 0) is 7.05 Å². The number of hydrogen-bond acceptors (Lipinski definition) is 3. The van der Waals surface area contributed by atoms with E-state index in [-0.39, 0.29) is 5.78 Å². The van der Waals surface area contributed by atoms with Gasteiger partial charge in [0, 0.05) is 18.3 Å². The summed E-state index contributed by atoms with van der Waals surface area (Å²) < 4.78 is 1.78. The van der Waals surface area contributed by atoms with Gasteiger partial charge in [0.05, 0.1) is 11.6 Å². The average Bonchev–Trinajstić information content (AvgIpc) is 2.80. The predicted octanol–water partition coefficient (Wildman–Crippen LogP) is 2.97. The second-order valence-electron chi connectivity index (χ2n) is 4.63. The lowest BCUT2D eigenvalue weighted by atomic mass is 10.1. The standard InChI is InChI=1S/C17H13N3O/c1-12-15(9-16(11-19)20(12)2)7-8-17(21)14-5-3-13(10-18)4-6-14/h3-9H,1-2H3. The van der Waals surface area contributed by atoms with Crippen LogP contribution >= 0.6 is 0 Å². The molecule has 0 saturated heterocycles. The molecule has 0 aliphatic carbocycles. The number of aromatic nitrogens is 1. The quantitative estimate of drug-likeness (QED) is 0.638. The van der Waals surface area contributed by atoms with Crippen LogP contribution in [-0.4, -0.2) is 10.4 Å². The predicted molar refractivity (Wildman–Crippen MR) is 79.4 cm³/mol. The Bertz CT molecular complexity index is 796. The van der Waals surface area contributed by atoms with Crippen LogP contribution in [0.1, 0.15) is 32.9 Å². The van der Waals surface area contributed by atoms with E-state index in [9.17, 15) is 4.79 Å². The van der Waals surface area contributed by atoms with Crippen LogP contribution in [0.4, 0.5) is 0 Å². The number of nitriles is 2. The molecule has 1 aromatic heterocycles. The van der Waals surface area contributed by atoms with E-state index in [1.54, 1.807) is 41.0 Å². The van der Waals surface area contributed by atoms with Crippen LogP contribution < -0.4 is 0 Å². The number of benzene rings is 1. The van der Waals surface area contributed by atoms with Crippen LogP contribution in [0.5, 0.6) is 0 Å². The second-order valence-corrected chi connectivity index (χ2v) is 4.63. The van der Waals surface area contributed by atoms with Crippen LogP contribution in [0.2, 0.25) is 0 Å². The van der Waals surface area contributed by atoms with E-state index in [1.165, 1.54) is 6.08 Å². The van der Waals surface area contributed by atoms with E-state index in [0.717, 1.165) is 11.3 Å². The van der Waals surface area contributed by atoms with Gasteiger partial charge in [0.1, 0.15) is 11.8 Å². The highest BCUT2D eigenvalue weighted by Crippen LogP contribution is 2.15. The fourth-order valence-electron chi connectivity index (χ4n) is 1.97. The highest BCUT2D eigenvalue weighted by molar-refractivity contribution is 6.06. The van der Waals surface area contributed by atoms with Crippen molar-refractivity contribution < 1.29 is 4.79 Å². The summed E-state index contributed by atoms with van der Waals surface area (Å²) in [6.07, 6.45) is 3.18. The third-order valence-electron chi connectivity index (χ3n) is 3.40. The summed E-state index contributed by atoms with van der Waals surface area (Å²) in [5.41, 5.74) is 3.37. The Kier molecular flexibility index (Phi) is 4.02. The first-order valence-corrected chi connectivity index (χ1v) is 6.36. The zero-order valence-corrected chi connectivity index (χ0v) is 11.8. The maximum absolute atomic E-state index is 12.0. The molecule has 0 unspecified atom stereocenters. The maximum atomic E-state index is 12.0. The fraction of sp³-hybridized carbons (Fsp3) is 0.118. The third-order valence-corrected chi connectivity index (χ3v) is 3.40. The number of carbonyl (C=O) groups is 1. The van der Waals surface area contributed by atoms with Gasteiger partial charge in [-0.25, -0.2) is 0 Å². The molecule has 0 bridgehead atoms. The summed E-state index contributed by atoms with van der Waals surface area (Å²) in [4.78, 5) is 12.0. The Hall–Kier alpha value is -3.11. The molecule has 0 atom stereocenters. The van der Waals surface area contributed by atoms with Gasteiger partial charge in [0.25, 0.3) is 0 Å². The Labute approximate surface area is 123 Å². The molecular weight excluding hydrogens is 262 g/mol. The lowest BCUT2D eigenvalue weighted by Gasteiger charge is -1.98. The third kappa shape index (κ3) is 2.91. The molecule has 21 heavy (non-hydrogen) atoms. The summed E-state index contributed by atoms with van der Waals surface area (Å²) in [6, 6.07) is 12.3. The van der Waals surface area contributed by atoms with Crippen LogP contribution in [0.3, 0.4) is 0 Å². The number of carbonyl (C=O) groups excluding carboxylic acids is 1. The van der Waals surface area contributed by atoms with Gasteiger partial charge in [-0.3, -0.25) is 4.79 Å². The SMILES string of the molecule is Cc1c(C=CC(=O)c2ccc(C#N)cc2)cc(C#N)n1C. The highest BCUT2D eigenvalue weighted by atomic mass is 16.1. The molecule has 0 saturated carbocycles. The Morgan fingerprint density at radius 2 is 1.86 bits per heavy atom. The summed E-state index contributed by atoms with van der Waals surface area (Å²) >= 11 is 0. The number of hydrogen-bond donors (Lipinski definition) is 0.